The standard InChI is InChI=1S/C28H34N2O5/c1-3-28(4-2,26(33)29-16-18-10-9-15-19(18)25(31)32)30-27(34)35-17-24-22-13-7-5-11-20(22)21-12-6-8-14-23(21)24/h5-8,11-14,18-19,24H,3-4,9-10,15-17H2,1-2H3,(H,29,33)(H,30,34)(H,31,32). The van der Waals surface area contributed by atoms with Crippen LogP contribution >= 0.6 is 0 Å². The normalized spacial score (nSPS) is 19.0. The number of alkyl carbamates (subject to hydrolysis) is 1. The molecule has 1 saturated carbocycles. The van der Waals surface area contributed by atoms with Crippen molar-refractivity contribution in [2.45, 2.75) is 57.4 Å². The predicted molar refractivity (Wildman–Crippen MR) is 133 cm³/mol. The molecule has 0 radical (unpaired) electrons. The monoisotopic (exact) mass is 478 g/mol. The number of benzene rings is 2. The number of amides is 2. The van der Waals surface area contributed by atoms with Gasteiger partial charge in [-0.2, -0.15) is 0 Å². The number of fused-ring (bicyclic) bond motifs is 3. The Morgan fingerprint density at radius 1 is 0.971 bits per heavy atom. The van der Waals surface area contributed by atoms with E-state index in [4.69, 9.17) is 4.74 Å². The minimum absolute atomic E-state index is 0.0602. The number of nitrogens with one attached hydrogen (secondary N) is 2. The van der Waals surface area contributed by atoms with Gasteiger partial charge in [0.05, 0.1) is 5.92 Å². The van der Waals surface area contributed by atoms with Crippen molar-refractivity contribution in [3.05, 3.63) is 59.7 Å². The molecular weight excluding hydrogens is 444 g/mol. The van der Waals surface area contributed by atoms with E-state index in [1.165, 1.54) is 0 Å². The van der Waals surface area contributed by atoms with Crippen LogP contribution in [0.3, 0.4) is 0 Å². The Morgan fingerprint density at radius 3 is 2.14 bits per heavy atom. The fraction of sp³-hybridized carbons (Fsp3) is 0.464. The Balaban J connectivity index is 1.39. The van der Waals surface area contributed by atoms with Crippen molar-refractivity contribution in [2.24, 2.45) is 11.8 Å². The molecular formula is C28H34N2O5. The molecule has 2 aromatic carbocycles. The summed E-state index contributed by atoms with van der Waals surface area (Å²) in [7, 11) is 0. The van der Waals surface area contributed by atoms with Gasteiger partial charge in [-0.05, 0) is 53.9 Å². The second-order valence-electron chi connectivity index (χ2n) is 9.59. The highest BCUT2D eigenvalue weighted by Crippen LogP contribution is 2.44. The second kappa shape index (κ2) is 10.5. The third kappa shape index (κ3) is 4.90. The fourth-order valence-corrected chi connectivity index (χ4v) is 5.63. The molecule has 7 heteroatoms. The Bertz CT molecular complexity index is 1050. The van der Waals surface area contributed by atoms with Crippen LogP contribution in [0.15, 0.2) is 48.5 Å². The van der Waals surface area contributed by atoms with E-state index in [0.29, 0.717) is 25.8 Å². The van der Waals surface area contributed by atoms with E-state index >= 15 is 0 Å². The van der Waals surface area contributed by atoms with Gasteiger partial charge in [-0.1, -0.05) is 68.8 Å². The van der Waals surface area contributed by atoms with Crippen LogP contribution in [0.4, 0.5) is 4.79 Å². The topological polar surface area (TPSA) is 105 Å². The molecule has 2 aliphatic rings. The average molecular weight is 479 g/mol. The molecule has 0 aliphatic heterocycles. The van der Waals surface area contributed by atoms with Gasteiger partial charge in [-0.3, -0.25) is 9.59 Å². The molecule has 2 aliphatic carbocycles. The first-order valence-electron chi connectivity index (χ1n) is 12.5. The van der Waals surface area contributed by atoms with E-state index in [1.54, 1.807) is 0 Å². The number of rotatable bonds is 9. The van der Waals surface area contributed by atoms with Crippen LogP contribution in [0.1, 0.15) is 63.0 Å². The number of carbonyl (C=O) groups is 3. The number of ether oxygens (including phenoxy) is 1. The first-order valence-corrected chi connectivity index (χ1v) is 12.5. The second-order valence-corrected chi connectivity index (χ2v) is 9.59. The van der Waals surface area contributed by atoms with Crippen molar-refractivity contribution in [3.8, 4) is 11.1 Å². The summed E-state index contributed by atoms with van der Waals surface area (Å²) in [5, 5.41) is 15.1. The highest BCUT2D eigenvalue weighted by atomic mass is 16.5. The van der Waals surface area contributed by atoms with E-state index < -0.39 is 23.5 Å². The largest absolute Gasteiger partial charge is 0.481 e. The van der Waals surface area contributed by atoms with Crippen molar-refractivity contribution in [2.75, 3.05) is 13.2 Å². The maximum Gasteiger partial charge on any atom is 0.408 e. The molecule has 0 heterocycles. The fourth-order valence-electron chi connectivity index (χ4n) is 5.63. The first-order chi connectivity index (χ1) is 16.9. The van der Waals surface area contributed by atoms with E-state index in [0.717, 1.165) is 35.1 Å². The number of carboxylic acid groups (broad SMARTS) is 1. The molecule has 7 nitrogen and oxygen atoms in total. The van der Waals surface area contributed by atoms with Crippen LogP contribution < -0.4 is 10.6 Å². The third-order valence-corrected chi connectivity index (χ3v) is 7.83. The number of carbonyl (C=O) groups excluding carboxylic acids is 2. The van der Waals surface area contributed by atoms with Crippen LogP contribution in [0.2, 0.25) is 0 Å². The van der Waals surface area contributed by atoms with Gasteiger partial charge in [-0.15, -0.1) is 0 Å². The number of hydrogen-bond donors (Lipinski definition) is 3. The molecule has 2 unspecified atom stereocenters. The zero-order chi connectivity index (χ0) is 25.0. The summed E-state index contributed by atoms with van der Waals surface area (Å²) in [6.45, 7) is 4.17. The highest BCUT2D eigenvalue weighted by Gasteiger charge is 2.39. The van der Waals surface area contributed by atoms with Crippen molar-refractivity contribution in [3.63, 3.8) is 0 Å². The summed E-state index contributed by atoms with van der Waals surface area (Å²) < 4.78 is 5.67. The summed E-state index contributed by atoms with van der Waals surface area (Å²) in [5.41, 5.74) is 3.45. The summed E-state index contributed by atoms with van der Waals surface area (Å²) in [6, 6.07) is 16.3. The molecule has 0 bridgehead atoms. The predicted octanol–water partition coefficient (Wildman–Crippen LogP) is 4.70. The lowest BCUT2D eigenvalue weighted by Gasteiger charge is -2.32. The van der Waals surface area contributed by atoms with Crippen molar-refractivity contribution < 1.29 is 24.2 Å². The number of aliphatic carboxylic acids is 1. The van der Waals surface area contributed by atoms with Gasteiger partial charge in [-0.25, -0.2) is 4.79 Å². The van der Waals surface area contributed by atoms with Gasteiger partial charge in [0.2, 0.25) is 5.91 Å². The molecule has 35 heavy (non-hydrogen) atoms. The van der Waals surface area contributed by atoms with Gasteiger partial charge in [0.1, 0.15) is 12.1 Å². The molecule has 3 N–H and O–H groups in total. The van der Waals surface area contributed by atoms with Gasteiger partial charge < -0.3 is 20.5 Å². The maximum atomic E-state index is 13.2. The Morgan fingerprint density at radius 2 is 1.57 bits per heavy atom. The van der Waals surface area contributed by atoms with Crippen LogP contribution in [-0.2, 0) is 14.3 Å². The summed E-state index contributed by atoms with van der Waals surface area (Å²) in [4.78, 5) is 37.5. The molecule has 2 atom stereocenters. The Kier molecular flexibility index (Phi) is 7.43. The van der Waals surface area contributed by atoms with Gasteiger partial charge in [0.15, 0.2) is 0 Å². The molecule has 2 amide bonds. The van der Waals surface area contributed by atoms with Crippen LogP contribution in [0.25, 0.3) is 11.1 Å². The molecule has 0 spiro atoms. The summed E-state index contributed by atoms with van der Waals surface area (Å²) in [6.07, 6.45) is 2.43. The number of carboxylic acids is 1. The summed E-state index contributed by atoms with van der Waals surface area (Å²) >= 11 is 0. The molecule has 2 aromatic rings. The molecule has 4 rings (SSSR count). The minimum Gasteiger partial charge on any atom is -0.481 e. The highest BCUT2D eigenvalue weighted by molar-refractivity contribution is 5.90. The van der Waals surface area contributed by atoms with Crippen molar-refractivity contribution >= 4 is 18.0 Å². The summed E-state index contributed by atoms with van der Waals surface area (Å²) in [5.74, 6) is -1.68. The van der Waals surface area contributed by atoms with Crippen LogP contribution in [0, 0.1) is 11.8 Å². The first kappa shape index (κ1) is 24.8. The van der Waals surface area contributed by atoms with E-state index in [2.05, 4.69) is 34.9 Å². The minimum atomic E-state index is -1.11. The van der Waals surface area contributed by atoms with E-state index in [9.17, 15) is 19.5 Å². The molecule has 186 valence electrons. The quantitative estimate of drug-likeness (QED) is 0.485. The molecule has 0 saturated heterocycles. The average Bonchev–Trinajstić information content (AvgIpc) is 3.47. The van der Waals surface area contributed by atoms with Crippen molar-refractivity contribution in [1.82, 2.24) is 10.6 Å². The van der Waals surface area contributed by atoms with Crippen LogP contribution in [-0.4, -0.2) is 41.8 Å². The van der Waals surface area contributed by atoms with E-state index in [-0.39, 0.29) is 24.3 Å². The van der Waals surface area contributed by atoms with Gasteiger partial charge >= 0.3 is 12.1 Å². The maximum absolute atomic E-state index is 13.2. The van der Waals surface area contributed by atoms with Gasteiger partial charge in [0, 0.05) is 12.5 Å². The lowest BCUT2D eigenvalue weighted by atomic mass is 9.90. The lowest BCUT2D eigenvalue weighted by Crippen LogP contribution is -2.59. The Hall–Kier alpha value is -3.35. The smallest absolute Gasteiger partial charge is 0.408 e. The van der Waals surface area contributed by atoms with E-state index in [1.807, 2.05) is 38.1 Å². The van der Waals surface area contributed by atoms with Gasteiger partial charge in [0.25, 0.3) is 0 Å². The number of hydrogen-bond acceptors (Lipinski definition) is 4. The third-order valence-electron chi connectivity index (χ3n) is 7.83. The zero-order valence-corrected chi connectivity index (χ0v) is 20.4. The SMILES string of the molecule is CCC(CC)(NC(=O)OCC1c2ccccc2-c2ccccc21)C(=O)NCC1CCCC1C(=O)O. The molecule has 1 fully saturated rings. The lowest BCUT2D eigenvalue weighted by molar-refractivity contribution is -0.143. The zero-order valence-electron chi connectivity index (χ0n) is 20.4. The van der Waals surface area contributed by atoms with Crippen LogP contribution in [0.5, 0.6) is 0 Å². The van der Waals surface area contributed by atoms with Crippen molar-refractivity contribution in [1.29, 1.82) is 0 Å². The molecule has 0 aromatic heterocycles. The Labute approximate surface area is 206 Å².